The number of rotatable bonds is 9. The molecule has 13 atom stereocenters. The quantitative estimate of drug-likeness (QED) is 0.264. The van der Waals surface area contributed by atoms with Gasteiger partial charge >= 0.3 is 5.97 Å². The lowest BCUT2D eigenvalue weighted by molar-refractivity contribution is -0.324. The second-order valence-corrected chi connectivity index (χ2v) is 16.6. The van der Waals surface area contributed by atoms with Crippen molar-refractivity contribution >= 4 is 23.3 Å². The summed E-state index contributed by atoms with van der Waals surface area (Å²) in [6, 6.07) is 6.07. The Labute approximate surface area is 337 Å². The van der Waals surface area contributed by atoms with Gasteiger partial charge in [-0.05, 0) is 65.4 Å². The number of benzene rings is 2. The van der Waals surface area contributed by atoms with Crippen LogP contribution < -0.4 is 0 Å². The first-order valence-corrected chi connectivity index (χ1v) is 20.2. The fourth-order valence-corrected chi connectivity index (χ4v) is 9.46. The number of methoxy groups -OCH3 is 1. The summed E-state index contributed by atoms with van der Waals surface area (Å²) in [5, 5.41) is 35.4. The van der Waals surface area contributed by atoms with Gasteiger partial charge in [0.1, 0.15) is 30.0 Å². The maximum atomic E-state index is 14.1. The van der Waals surface area contributed by atoms with Crippen LogP contribution in [0.25, 0.3) is 0 Å². The number of ketones is 3. The Kier molecular flexibility index (Phi) is 12.0. The Bertz CT molecular complexity index is 1940. The average molecular weight is 810 g/mol. The predicted molar refractivity (Wildman–Crippen MR) is 204 cm³/mol. The molecular formula is C43H55NO14. The molecule has 2 aromatic carbocycles. The van der Waals surface area contributed by atoms with E-state index in [1.54, 1.807) is 45.9 Å². The molecule has 3 N–H and O–H groups in total. The van der Waals surface area contributed by atoms with Crippen molar-refractivity contribution in [1.29, 1.82) is 0 Å². The largest absolute Gasteiger partial charge is 0.507 e. The first-order chi connectivity index (χ1) is 27.5. The number of aromatic hydroxyl groups is 1. The number of phenolic OH excluding ortho intramolecular Hbond substituents is 1. The second-order valence-electron chi connectivity index (χ2n) is 16.6. The molecule has 3 saturated heterocycles. The topological polar surface area (TPSA) is 197 Å². The van der Waals surface area contributed by atoms with Crippen LogP contribution in [0.4, 0.5) is 0 Å². The van der Waals surface area contributed by atoms with Crippen LogP contribution in [0, 0.1) is 6.92 Å². The van der Waals surface area contributed by atoms with E-state index >= 15 is 0 Å². The van der Waals surface area contributed by atoms with E-state index in [4.69, 9.17) is 33.2 Å². The highest BCUT2D eigenvalue weighted by atomic mass is 16.7. The Morgan fingerprint density at radius 3 is 2.22 bits per heavy atom. The third-order valence-electron chi connectivity index (χ3n) is 12.7. The highest BCUT2D eigenvalue weighted by Crippen LogP contribution is 2.54. The minimum Gasteiger partial charge on any atom is -0.507 e. The zero-order valence-electron chi connectivity index (χ0n) is 34.3. The lowest BCUT2D eigenvalue weighted by atomic mass is 9.67. The van der Waals surface area contributed by atoms with E-state index in [1.807, 2.05) is 25.9 Å². The third kappa shape index (κ3) is 7.54. The molecule has 7 rings (SSSR count). The van der Waals surface area contributed by atoms with Crippen LogP contribution in [-0.4, -0.2) is 132 Å². The molecule has 0 aromatic heterocycles. The monoisotopic (exact) mass is 809 g/mol. The van der Waals surface area contributed by atoms with E-state index in [0.29, 0.717) is 18.4 Å². The minimum absolute atomic E-state index is 0.0133. The van der Waals surface area contributed by atoms with Crippen molar-refractivity contribution in [2.45, 2.75) is 152 Å². The SMILES string of the molecule is CC[C@@]1(O)C[C@H](OC2CC(N(C)C)C(OC3CC(O)C(OC4CCC(=O)C(C)O4)C(C)O3)C(C)O2)c2c(cc3c(c2O)C(=O)c2c(C)cccc2C3=O)[C@H]1C(=O)OC. The number of aliphatic hydroxyl groups excluding tert-OH is 1. The van der Waals surface area contributed by atoms with Crippen LogP contribution in [0.15, 0.2) is 24.3 Å². The molecule has 316 valence electrons. The molecule has 0 saturated carbocycles. The number of ether oxygens (including phenoxy) is 7. The Morgan fingerprint density at radius 1 is 0.914 bits per heavy atom. The number of hydrogen-bond acceptors (Lipinski definition) is 15. The first kappa shape index (κ1) is 42.5. The van der Waals surface area contributed by atoms with Gasteiger partial charge in [0.15, 0.2) is 36.2 Å². The van der Waals surface area contributed by atoms with Gasteiger partial charge in [-0.1, -0.05) is 25.1 Å². The number of nitrogens with zero attached hydrogens (tertiary/aromatic N) is 1. The summed E-state index contributed by atoms with van der Waals surface area (Å²) in [5.41, 5.74) is -0.768. The molecule has 15 heteroatoms. The van der Waals surface area contributed by atoms with Gasteiger partial charge in [-0.2, -0.15) is 0 Å². The fourth-order valence-electron chi connectivity index (χ4n) is 9.46. The van der Waals surface area contributed by atoms with Crippen molar-refractivity contribution in [3.05, 3.63) is 63.2 Å². The second kappa shape index (κ2) is 16.4. The summed E-state index contributed by atoms with van der Waals surface area (Å²) in [5.74, 6) is -3.55. The number of esters is 1. The molecule has 3 aliphatic heterocycles. The zero-order chi connectivity index (χ0) is 42.0. The van der Waals surface area contributed by atoms with Crippen molar-refractivity contribution in [3.63, 3.8) is 0 Å². The summed E-state index contributed by atoms with van der Waals surface area (Å²) >= 11 is 0. The summed E-state index contributed by atoms with van der Waals surface area (Å²) in [6.07, 6.45) is -6.27. The van der Waals surface area contributed by atoms with Gasteiger partial charge in [0.2, 0.25) is 0 Å². The molecule has 5 aliphatic rings. The molecule has 0 spiro atoms. The summed E-state index contributed by atoms with van der Waals surface area (Å²) < 4.78 is 42.8. The zero-order valence-corrected chi connectivity index (χ0v) is 34.3. The molecule has 3 fully saturated rings. The summed E-state index contributed by atoms with van der Waals surface area (Å²) in [6.45, 7) is 8.74. The number of fused-ring (bicyclic) bond motifs is 3. The van der Waals surface area contributed by atoms with E-state index in [2.05, 4.69) is 0 Å². The molecule has 58 heavy (non-hydrogen) atoms. The van der Waals surface area contributed by atoms with E-state index in [-0.39, 0.29) is 70.9 Å². The molecule has 2 aliphatic carbocycles. The van der Waals surface area contributed by atoms with Gasteiger partial charge in [0, 0.05) is 60.4 Å². The summed E-state index contributed by atoms with van der Waals surface area (Å²) in [4.78, 5) is 55.3. The number of aliphatic hydroxyl groups is 2. The van der Waals surface area contributed by atoms with Gasteiger partial charge in [-0.3, -0.25) is 19.2 Å². The first-order valence-electron chi connectivity index (χ1n) is 20.2. The number of likely N-dealkylation sites (N-methyl/N-ethyl adjacent to an activating group) is 1. The molecule has 0 radical (unpaired) electrons. The normalized spacial score (nSPS) is 36.3. The maximum absolute atomic E-state index is 14.1. The van der Waals surface area contributed by atoms with Gasteiger partial charge < -0.3 is 53.4 Å². The number of carbonyl (C=O) groups excluding carboxylic acids is 4. The molecule has 0 amide bonds. The number of Topliss-reactive ketones (excluding diaryl/α,β-unsaturated/α-hetero) is 1. The van der Waals surface area contributed by atoms with Crippen molar-refractivity contribution in [3.8, 4) is 5.75 Å². The van der Waals surface area contributed by atoms with Crippen LogP contribution in [0.1, 0.15) is 127 Å². The average Bonchev–Trinajstić information content (AvgIpc) is 3.17. The highest BCUT2D eigenvalue weighted by Gasteiger charge is 2.53. The molecule has 2 aromatic rings. The lowest BCUT2D eigenvalue weighted by Crippen LogP contribution is -2.58. The van der Waals surface area contributed by atoms with Crippen molar-refractivity contribution in [1.82, 2.24) is 4.90 Å². The highest BCUT2D eigenvalue weighted by molar-refractivity contribution is 6.30. The fraction of sp³-hybridized carbons (Fsp3) is 0.628. The predicted octanol–water partition coefficient (Wildman–Crippen LogP) is 3.76. The van der Waals surface area contributed by atoms with Crippen LogP contribution >= 0.6 is 0 Å². The Balaban J connectivity index is 1.13. The number of carbonyl (C=O) groups is 4. The molecular weight excluding hydrogens is 754 g/mol. The van der Waals surface area contributed by atoms with Gasteiger partial charge in [0.05, 0.1) is 42.7 Å². The number of aryl methyl sites for hydroxylation is 1. The van der Waals surface area contributed by atoms with Gasteiger partial charge in [0.25, 0.3) is 0 Å². The van der Waals surface area contributed by atoms with Crippen LogP contribution in [-0.2, 0) is 42.7 Å². The third-order valence-corrected chi connectivity index (χ3v) is 12.7. The molecule has 3 heterocycles. The summed E-state index contributed by atoms with van der Waals surface area (Å²) in [7, 11) is 4.98. The Hall–Kier alpha value is -3.64. The standard InChI is InChI=1S/C43H55NO14/c1-9-43(51)18-29(34-24(36(43)42(50)52-8)15-25-35(39(34)49)38(48)33-19(2)11-10-12-23(33)37(25)47)56-31-16-26(44(6)7)40(21(4)54-31)58-32-17-28(46)41(22(5)55-32)57-30-14-13-27(45)20(3)53-30/h10-12,15,20-22,26,28-32,36,40-41,46,49,51H,9,13-14,16-18H2,1-8H3/t20?,21?,22?,26?,28?,29-,30?,31?,32?,36-,40?,41?,43+/m0/s1. The van der Waals surface area contributed by atoms with E-state index in [1.165, 1.54) is 13.2 Å². The van der Waals surface area contributed by atoms with Crippen molar-refractivity contribution in [2.75, 3.05) is 21.2 Å². The van der Waals surface area contributed by atoms with Crippen molar-refractivity contribution in [2.24, 2.45) is 0 Å². The van der Waals surface area contributed by atoms with Crippen LogP contribution in [0.5, 0.6) is 5.75 Å². The molecule has 10 unspecified atom stereocenters. The Morgan fingerprint density at radius 2 is 1.59 bits per heavy atom. The van der Waals surface area contributed by atoms with Crippen LogP contribution in [0.2, 0.25) is 0 Å². The maximum Gasteiger partial charge on any atom is 0.316 e. The van der Waals surface area contributed by atoms with Gasteiger partial charge in [-0.15, -0.1) is 0 Å². The molecule has 15 nitrogen and oxygen atoms in total. The molecule has 0 bridgehead atoms. The number of phenols is 1. The van der Waals surface area contributed by atoms with E-state index < -0.39 is 96.4 Å². The van der Waals surface area contributed by atoms with Gasteiger partial charge in [-0.25, -0.2) is 0 Å². The van der Waals surface area contributed by atoms with Crippen molar-refractivity contribution < 1.29 is 67.7 Å². The smallest absolute Gasteiger partial charge is 0.316 e. The van der Waals surface area contributed by atoms with Crippen LogP contribution in [0.3, 0.4) is 0 Å². The number of hydrogen-bond donors (Lipinski definition) is 3. The minimum atomic E-state index is -1.72. The van der Waals surface area contributed by atoms with E-state index in [0.717, 1.165) is 0 Å². The lowest BCUT2D eigenvalue weighted by Gasteiger charge is -2.48. The van der Waals surface area contributed by atoms with E-state index in [9.17, 15) is 34.5 Å².